The predicted octanol–water partition coefficient (Wildman–Crippen LogP) is 3.58. The lowest BCUT2D eigenvalue weighted by Gasteiger charge is -2.03. The van der Waals surface area contributed by atoms with Crippen LogP contribution in [0.15, 0.2) is 47.1 Å². The molecule has 0 radical (unpaired) electrons. The van der Waals surface area contributed by atoms with E-state index in [2.05, 4.69) is 37.3 Å². The zero-order valence-corrected chi connectivity index (χ0v) is 8.66. The highest BCUT2D eigenvalue weighted by molar-refractivity contribution is 5.83. The molecule has 1 nitrogen and oxygen atoms in total. The van der Waals surface area contributed by atoms with Crippen LogP contribution >= 0.6 is 0 Å². The van der Waals surface area contributed by atoms with Crippen LogP contribution in [0.1, 0.15) is 22.5 Å². The van der Waals surface area contributed by atoms with Crippen molar-refractivity contribution >= 4 is 5.57 Å². The maximum Gasteiger partial charge on any atom is 0.137 e. The Bertz CT molecular complexity index is 532. The summed E-state index contributed by atoms with van der Waals surface area (Å²) in [5.41, 5.74) is 5.16. The largest absolute Gasteiger partial charge is 0.464 e. The molecule has 0 unspecified atom stereocenters. The maximum absolute atomic E-state index is 5.54. The lowest BCUT2D eigenvalue weighted by Crippen LogP contribution is -1.86. The number of fused-ring (bicyclic) bond motifs is 1. The monoisotopic (exact) mass is 196 g/mol. The van der Waals surface area contributed by atoms with Crippen molar-refractivity contribution in [2.45, 2.75) is 13.3 Å². The SMILES string of the molecule is Cc1ccoc1C1=CCc2ccccc21. The Kier molecular flexibility index (Phi) is 1.78. The third kappa shape index (κ3) is 1.23. The fourth-order valence-electron chi connectivity index (χ4n) is 2.15. The van der Waals surface area contributed by atoms with Crippen molar-refractivity contribution in [1.82, 2.24) is 0 Å². The van der Waals surface area contributed by atoms with Gasteiger partial charge in [0.2, 0.25) is 0 Å². The lowest BCUT2D eigenvalue weighted by molar-refractivity contribution is 0.552. The molecule has 1 aromatic heterocycles. The number of benzene rings is 1. The van der Waals surface area contributed by atoms with Gasteiger partial charge in [0.1, 0.15) is 5.76 Å². The molecule has 1 aliphatic rings. The van der Waals surface area contributed by atoms with Gasteiger partial charge in [0.05, 0.1) is 6.26 Å². The second kappa shape index (κ2) is 3.13. The van der Waals surface area contributed by atoms with E-state index >= 15 is 0 Å². The first-order valence-electron chi connectivity index (χ1n) is 5.19. The first-order chi connectivity index (χ1) is 7.36. The molecule has 0 fully saturated rings. The van der Waals surface area contributed by atoms with E-state index in [9.17, 15) is 0 Å². The van der Waals surface area contributed by atoms with E-state index in [0.717, 1.165) is 12.2 Å². The number of allylic oxidation sites excluding steroid dienone is 1. The minimum Gasteiger partial charge on any atom is -0.464 e. The zero-order valence-electron chi connectivity index (χ0n) is 8.66. The van der Waals surface area contributed by atoms with E-state index in [0.29, 0.717) is 0 Å². The molecule has 0 saturated carbocycles. The molecular formula is C14H12O. The Hall–Kier alpha value is -1.76. The van der Waals surface area contributed by atoms with Crippen LogP contribution in [0, 0.1) is 6.92 Å². The van der Waals surface area contributed by atoms with Gasteiger partial charge >= 0.3 is 0 Å². The Morgan fingerprint density at radius 3 is 2.80 bits per heavy atom. The minimum atomic E-state index is 1.01. The van der Waals surface area contributed by atoms with Crippen LogP contribution in [0.4, 0.5) is 0 Å². The van der Waals surface area contributed by atoms with Crippen LogP contribution in [0.3, 0.4) is 0 Å². The fraction of sp³-hybridized carbons (Fsp3) is 0.143. The lowest BCUT2D eigenvalue weighted by atomic mass is 10.0. The molecule has 15 heavy (non-hydrogen) atoms. The Labute approximate surface area is 89.0 Å². The molecule has 0 bridgehead atoms. The summed E-state index contributed by atoms with van der Waals surface area (Å²) < 4.78 is 5.54. The molecule has 0 amide bonds. The average molecular weight is 196 g/mol. The molecule has 74 valence electrons. The third-order valence-electron chi connectivity index (χ3n) is 2.94. The van der Waals surface area contributed by atoms with Gasteiger partial charge in [0.25, 0.3) is 0 Å². The summed E-state index contributed by atoms with van der Waals surface area (Å²) in [6, 6.07) is 10.5. The van der Waals surface area contributed by atoms with Crippen LogP contribution < -0.4 is 0 Å². The summed E-state index contributed by atoms with van der Waals surface area (Å²) >= 11 is 0. The van der Waals surface area contributed by atoms with Gasteiger partial charge in [-0.1, -0.05) is 30.3 Å². The topological polar surface area (TPSA) is 13.1 Å². The molecule has 3 rings (SSSR count). The van der Waals surface area contributed by atoms with E-state index in [1.54, 1.807) is 6.26 Å². The van der Waals surface area contributed by atoms with Gasteiger partial charge in [-0.2, -0.15) is 0 Å². The van der Waals surface area contributed by atoms with E-state index in [1.807, 2.05) is 6.07 Å². The average Bonchev–Trinajstić information content (AvgIpc) is 2.83. The molecular weight excluding hydrogens is 184 g/mol. The van der Waals surface area contributed by atoms with Crippen LogP contribution in [0.25, 0.3) is 5.57 Å². The number of aryl methyl sites for hydroxylation is 1. The van der Waals surface area contributed by atoms with Gasteiger partial charge < -0.3 is 4.42 Å². The molecule has 2 aromatic rings. The molecule has 0 spiro atoms. The van der Waals surface area contributed by atoms with E-state index in [1.165, 1.54) is 22.3 Å². The highest BCUT2D eigenvalue weighted by atomic mass is 16.3. The molecule has 1 aromatic carbocycles. The summed E-state index contributed by atoms with van der Waals surface area (Å²) in [5.74, 6) is 1.01. The summed E-state index contributed by atoms with van der Waals surface area (Å²) in [6.45, 7) is 2.08. The quantitative estimate of drug-likeness (QED) is 0.679. The van der Waals surface area contributed by atoms with Crippen molar-refractivity contribution in [1.29, 1.82) is 0 Å². The standard InChI is InChI=1S/C14H12O/c1-10-8-9-15-14(10)13-7-6-11-4-2-3-5-12(11)13/h2-5,7-9H,6H2,1H3. The fourth-order valence-corrected chi connectivity index (χ4v) is 2.15. The summed E-state index contributed by atoms with van der Waals surface area (Å²) in [5, 5.41) is 0. The van der Waals surface area contributed by atoms with Crippen molar-refractivity contribution in [3.05, 3.63) is 65.1 Å². The molecule has 1 heterocycles. The zero-order chi connectivity index (χ0) is 10.3. The Morgan fingerprint density at radius 1 is 1.13 bits per heavy atom. The van der Waals surface area contributed by atoms with E-state index in [-0.39, 0.29) is 0 Å². The van der Waals surface area contributed by atoms with Crippen molar-refractivity contribution in [3.8, 4) is 0 Å². The molecule has 0 saturated heterocycles. The van der Waals surface area contributed by atoms with E-state index < -0.39 is 0 Å². The molecule has 1 aliphatic carbocycles. The first-order valence-corrected chi connectivity index (χ1v) is 5.19. The van der Waals surface area contributed by atoms with Crippen LogP contribution in [-0.2, 0) is 6.42 Å². The predicted molar refractivity (Wildman–Crippen MR) is 60.7 cm³/mol. The van der Waals surface area contributed by atoms with Crippen LogP contribution in [0.2, 0.25) is 0 Å². The first kappa shape index (κ1) is 8.54. The van der Waals surface area contributed by atoms with Crippen molar-refractivity contribution < 1.29 is 4.42 Å². The van der Waals surface area contributed by atoms with Gasteiger partial charge in [-0.3, -0.25) is 0 Å². The molecule has 1 heteroatoms. The van der Waals surface area contributed by atoms with Gasteiger partial charge in [0.15, 0.2) is 0 Å². The molecule has 0 atom stereocenters. The van der Waals surface area contributed by atoms with Gasteiger partial charge in [-0.05, 0) is 36.1 Å². The van der Waals surface area contributed by atoms with Crippen molar-refractivity contribution in [2.24, 2.45) is 0 Å². The van der Waals surface area contributed by atoms with Crippen molar-refractivity contribution in [2.75, 3.05) is 0 Å². The molecule has 0 aliphatic heterocycles. The summed E-state index contributed by atoms with van der Waals surface area (Å²) in [7, 11) is 0. The Balaban J connectivity index is 2.15. The highest BCUT2D eigenvalue weighted by Gasteiger charge is 2.18. The summed E-state index contributed by atoms with van der Waals surface area (Å²) in [6.07, 6.45) is 5.02. The number of furan rings is 1. The number of hydrogen-bond donors (Lipinski definition) is 0. The summed E-state index contributed by atoms with van der Waals surface area (Å²) in [4.78, 5) is 0. The van der Waals surface area contributed by atoms with Crippen molar-refractivity contribution in [3.63, 3.8) is 0 Å². The van der Waals surface area contributed by atoms with Gasteiger partial charge in [-0.25, -0.2) is 0 Å². The number of hydrogen-bond acceptors (Lipinski definition) is 1. The van der Waals surface area contributed by atoms with Crippen LogP contribution in [-0.4, -0.2) is 0 Å². The van der Waals surface area contributed by atoms with E-state index in [4.69, 9.17) is 4.42 Å². The van der Waals surface area contributed by atoms with Crippen LogP contribution in [0.5, 0.6) is 0 Å². The Morgan fingerprint density at radius 2 is 2.00 bits per heavy atom. The normalized spacial score (nSPS) is 13.8. The highest BCUT2D eigenvalue weighted by Crippen LogP contribution is 2.34. The van der Waals surface area contributed by atoms with Gasteiger partial charge in [-0.15, -0.1) is 0 Å². The number of rotatable bonds is 1. The minimum absolute atomic E-state index is 1.01. The van der Waals surface area contributed by atoms with Gasteiger partial charge in [0, 0.05) is 5.57 Å². The molecule has 0 N–H and O–H groups in total. The third-order valence-corrected chi connectivity index (χ3v) is 2.94. The second-order valence-corrected chi connectivity index (χ2v) is 3.91. The second-order valence-electron chi connectivity index (χ2n) is 3.91. The smallest absolute Gasteiger partial charge is 0.137 e. The maximum atomic E-state index is 5.54.